The smallest absolute Gasteiger partial charge is 0.228 e. The molecule has 1 N–H and O–H groups in total. The van der Waals surface area contributed by atoms with E-state index in [-0.39, 0.29) is 5.91 Å². The Balaban J connectivity index is 2.21. The van der Waals surface area contributed by atoms with Gasteiger partial charge in [0.25, 0.3) is 0 Å². The second-order valence-corrected chi connectivity index (χ2v) is 3.41. The van der Waals surface area contributed by atoms with Crippen LogP contribution in [-0.2, 0) is 11.2 Å². The molecule has 15 heavy (non-hydrogen) atoms. The maximum absolute atomic E-state index is 11.1. The third-order valence-corrected chi connectivity index (χ3v) is 2.27. The summed E-state index contributed by atoms with van der Waals surface area (Å²) in [6.07, 6.45) is 4.57. The normalized spacial score (nSPS) is 13.7. The Hall–Kier alpha value is -2.08. The Morgan fingerprint density at radius 1 is 1.53 bits per heavy atom. The van der Waals surface area contributed by atoms with Gasteiger partial charge < -0.3 is 5.32 Å². The lowest BCUT2D eigenvalue weighted by Gasteiger charge is -1.99. The van der Waals surface area contributed by atoms with E-state index in [1.165, 1.54) is 0 Å². The third kappa shape index (κ3) is 2.05. The van der Waals surface area contributed by atoms with Crippen LogP contribution in [0.3, 0.4) is 0 Å². The van der Waals surface area contributed by atoms with Crippen molar-refractivity contribution in [2.75, 3.05) is 5.32 Å². The number of carbonyl (C=O) groups is 1. The summed E-state index contributed by atoms with van der Waals surface area (Å²) < 4.78 is 0. The molecule has 1 aromatic carbocycles. The number of nitrogens with zero attached hydrogens (tertiary/aromatic N) is 1. The molecule has 1 aliphatic heterocycles. The molecule has 1 aromatic rings. The lowest BCUT2D eigenvalue weighted by Crippen LogP contribution is -2.03. The van der Waals surface area contributed by atoms with Crippen molar-refractivity contribution in [1.82, 2.24) is 0 Å². The minimum absolute atomic E-state index is 0.0446. The van der Waals surface area contributed by atoms with Crippen molar-refractivity contribution in [1.29, 1.82) is 5.26 Å². The van der Waals surface area contributed by atoms with Gasteiger partial charge in [-0.25, -0.2) is 0 Å². The highest BCUT2D eigenvalue weighted by molar-refractivity contribution is 5.99. The fourth-order valence-corrected chi connectivity index (χ4v) is 1.60. The van der Waals surface area contributed by atoms with Crippen LogP contribution >= 0.6 is 0 Å². The van der Waals surface area contributed by atoms with Gasteiger partial charge in [-0.2, -0.15) is 5.26 Å². The van der Waals surface area contributed by atoms with Gasteiger partial charge in [-0.3, -0.25) is 4.79 Å². The Kier molecular flexibility index (Phi) is 2.51. The summed E-state index contributed by atoms with van der Waals surface area (Å²) in [4.78, 5) is 11.1. The molecule has 0 unspecified atom stereocenters. The number of fused-ring (bicyclic) bond motifs is 1. The summed E-state index contributed by atoms with van der Waals surface area (Å²) in [6, 6.07) is 7.84. The van der Waals surface area contributed by atoms with Crippen LogP contribution in [0.1, 0.15) is 17.5 Å². The maximum atomic E-state index is 11.1. The van der Waals surface area contributed by atoms with Crippen LogP contribution < -0.4 is 5.32 Å². The first-order chi connectivity index (χ1) is 7.29. The van der Waals surface area contributed by atoms with Crippen molar-refractivity contribution in [2.45, 2.75) is 12.8 Å². The maximum Gasteiger partial charge on any atom is 0.228 e. The van der Waals surface area contributed by atoms with Crippen LogP contribution in [-0.4, -0.2) is 5.91 Å². The Morgan fingerprint density at radius 3 is 3.20 bits per heavy atom. The largest absolute Gasteiger partial charge is 0.326 e. The number of amides is 1. The zero-order chi connectivity index (χ0) is 10.7. The number of hydrogen-bond acceptors (Lipinski definition) is 2. The molecule has 1 heterocycles. The van der Waals surface area contributed by atoms with Crippen molar-refractivity contribution >= 4 is 17.7 Å². The minimum atomic E-state index is 0.0446. The molecule has 3 nitrogen and oxygen atoms in total. The van der Waals surface area contributed by atoms with Crippen LogP contribution in [0.25, 0.3) is 6.08 Å². The molecule has 0 aliphatic carbocycles. The molecule has 0 aromatic heterocycles. The second-order valence-electron chi connectivity index (χ2n) is 3.41. The van der Waals surface area contributed by atoms with Crippen LogP contribution in [0.15, 0.2) is 24.3 Å². The van der Waals surface area contributed by atoms with Gasteiger partial charge in [0.15, 0.2) is 0 Å². The van der Waals surface area contributed by atoms with Gasteiger partial charge in [0.2, 0.25) is 5.91 Å². The summed E-state index contributed by atoms with van der Waals surface area (Å²) in [5, 5.41) is 11.2. The van der Waals surface area contributed by atoms with Gasteiger partial charge in [0.1, 0.15) is 0 Å². The molecule has 1 amide bonds. The number of rotatable bonds is 2. The molecule has 0 bridgehead atoms. The van der Waals surface area contributed by atoms with E-state index >= 15 is 0 Å². The molecule has 74 valence electrons. The first-order valence-corrected chi connectivity index (χ1v) is 4.76. The fraction of sp³-hybridized carbons (Fsp3) is 0.167. The van der Waals surface area contributed by atoms with E-state index in [0.29, 0.717) is 12.8 Å². The lowest BCUT2D eigenvalue weighted by molar-refractivity contribution is -0.115. The van der Waals surface area contributed by atoms with Crippen LogP contribution in [0.4, 0.5) is 5.69 Å². The minimum Gasteiger partial charge on any atom is -0.326 e. The van der Waals surface area contributed by atoms with Crippen LogP contribution in [0.2, 0.25) is 0 Å². The molecule has 0 fully saturated rings. The number of benzene rings is 1. The molecule has 0 spiro atoms. The van der Waals surface area contributed by atoms with Gasteiger partial charge in [-0.15, -0.1) is 0 Å². The first-order valence-electron chi connectivity index (χ1n) is 4.76. The first kappa shape index (κ1) is 9.47. The van der Waals surface area contributed by atoms with E-state index in [9.17, 15) is 4.79 Å². The zero-order valence-electron chi connectivity index (χ0n) is 8.16. The third-order valence-electron chi connectivity index (χ3n) is 2.27. The predicted molar refractivity (Wildman–Crippen MR) is 58.0 cm³/mol. The van der Waals surface area contributed by atoms with Gasteiger partial charge in [-0.1, -0.05) is 18.2 Å². The molecule has 0 atom stereocenters. The Morgan fingerprint density at radius 2 is 2.40 bits per heavy atom. The van der Waals surface area contributed by atoms with Crippen molar-refractivity contribution < 1.29 is 4.79 Å². The Bertz CT molecular complexity index is 469. The highest BCUT2D eigenvalue weighted by Gasteiger charge is 2.16. The molecule has 0 saturated carbocycles. The van der Waals surface area contributed by atoms with Gasteiger partial charge in [0.05, 0.1) is 18.9 Å². The SMILES string of the molecule is N#CCC=Cc1ccc2c(c1)CC(=O)N2. The van der Waals surface area contributed by atoms with Gasteiger partial charge in [-0.05, 0) is 23.3 Å². The molecule has 1 aliphatic rings. The quantitative estimate of drug-likeness (QED) is 0.791. The van der Waals surface area contributed by atoms with E-state index in [0.717, 1.165) is 16.8 Å². The van der Waals surface area contributed by atoms with Gasteiger partial charge in [0, 0.05) is 5.69 Å². The van der Waals surface area contributed by atoms with Crippen molar-refractivity contribution in [3.05, 3.63) is 35.4 Å². The average molecular weight is 198 g/mol. The molecule has 0 saturated heterocycles. The summed E-state index contributed by atoms with van der Waals surface area (Å²) in [5.41, 5.74) is 2.96. The molecular weight excluding hydrogens is 188 g/mol. The van der Waals surface area contributed by atoms with Crippen LogP contribution in [0.5, 0.6) is 0 Å². The summed E-state index contributed by atoms with van der Waals surface area (Å²) >= 11 is 0. The number of anilines is 1. The standard InChI is InChI=1S/C12H10N2O/c13-6-2-1-3-9-4-5-11-10(7-9)8-12(15)14-11/h1,3-5,7H,2,8H2,(H,14,15). The highest BCUT2D eigenvalue weighted by Crippen LogP contribution is 2.24. The molecular formula is C12H10N2O. The Labute approximate surface area is 88.0 Å². The van der Waals surface area contributed by atoms with E-state index < -0.39 is 0 Å². The van der Waals surface area contributed by atoms with E-state index in [1.54, 1.807) is 0 Å². The number of carbonyl (C=O) groups excluding carboxylic acids is 1. The predicted octanol–water partition coefficient (Wildman–Crippen LogP) is 2.11. The number of nitriles is 1. The van der Waals surface area contributed by atoms with E-state index in [1.807, 2.05) is 36.4 Å². The van der Waals surface area contributed by atoms with E-state index in [2.05, 4.69) is 5.32 Å². The average Bonchev–Trinajstić information content (AvgIpc) is 2.57. The van der Waals surface area contributed by atoms with Crippen molar-refractivity contribution in [3.63, 3.8) is 0 Å². The zero-order valence-corrected chi connectivity index (χ0v) is 8.16. The molecule has 2 rings (SSSR count). The fourth-order valence-electron chi connectivity index (χ4n) is 1.60. The summed E-state index contributed by atoms with van der Waals surface area (Å²) in [7, 11) is 0. The molecule has 0 radical (unpaired) electrons. The monoisotopic (exact) mass is 198 g/mol. The van der Waals surface area contributed by atoms with Crippen LogP contribution in [0, 0.1) is 11.3 Å². The highest BCUT2D eigenvalue weighted by atomic mass is 16.1. The lowest BCUT2D eigenvalue weighted by atomic mass is 10.1. The number of allylic oxidation sites excluding steroid dienone is 1. The molecule has 3 heteroatoms. The van der Waals surface area contributed by atoms with E-state index in [4.69, 9.17) is 5.26 Å². The van der Waals surface area contributed by atoms with Crippen molar-refractivity contribution in [2.24, 2.45) is 0 Å². The number of hydrogen-bond donors (Lipinski definition) is 1. The summed E-state index contributed by atoms with van der Waals surface area (Å²) in [6.45, 7) is 0. The van der Waals surface area contributed by atoms with Crippen molar-refractivity contribution in [3.8, 4) is 6.07 Å². The van der Waals surface area contributed by atoms with Gasteiger partial charge >= 0.3 is 0 Å². The topological polar surface area (TPSA) is 52.9 Å². The number of nitrogens with one attached hydrogen (secondary N) is 1. The summed E-state index contributed by atoms with van der Waals surface area (Å²) in [5.74, 6) is 0.0446. The second kappa shape index (κ2) is 3.97.